The quantitative estimate of drug-likeness (QED) is 0.403. The number of hydrogen-bond donors (Lipinski definition) is 0. The summed E-state index contributed by atoms with van der Waals surface area (Å²) in [6.07, 6.45) is 13.8. The molecular formula is C16H34Sn. The molecular weight excluding hydrogens is 311 g/mol. The third-order valence-electron chi connectivity index (χ3n) is 5.06. The van der Waals surface area contributed by atoms with Crippen LogP contribution in [0.1, 0.15) is 78.6 Å². The van der Waals surface area contributed by atoms with Crippen molar-refractivity contribution < 1.29 is 0 Å². The summed E-state index contributed by atoms with van der Waals surface area (Å²) < 4.78 is 6.50. The maximum absolute atomic E-state index is 2.39. The Bertz CT molecular complexity index is 162. The molecule has 17 heavy (non-hydrogen) atoms. The summed E-state index contributed by atoms with van der Waals surface area (Å²) in [6, 6.07) is 0. The standard InChI is InChI=1S/C4H7.3C4H9.Sn/c1-2-4-3-1;3*1-3-4-2;/h1H,2-4H2;3*1,3-4H2,2H3;. The van der Waals surface area contributed by atoms with Crippen LogP contribution in [0, 0.1) is 0 Å². The van der Waals surface area contributed by atoms with Crippen LogP contribution in [0.5, 0.6) is 0 Å². The van der Waals surface area contributed by atoms with Gasteiger partial charge in [-0.15, -0.1) is 0 Å². The normalized spacial score (nSPS) is 17.1. The molecule has 0 nitrogen and oxygen atoms in total. The minimum atomic E-state index is -1.71. The van der Waals surface area contributed by atoms with E-state index in [1.807, 2.05) is 0 Å². The van der Waals surface area contributed by atoms with Crippen molar-refractivity contribution in [2.75, 3.05) is 0 Å². The Balaban J connectivity index is 2.59. The molecule has 1 aliphatic rings. The average Bonchev–Trinajstić information content (AvgIpc) is 2.28. The molecule has 0 bridgehead atoms. The van der Waals surface area contributed by atoms with Gasteiger partial charge in [-0.1, -0.05) is 0 Å². The van der Waals surface area contributed by atoms with Crippen molar-refractivity contribution in [3.8, 4) is 0 Å². The SMILES string of the molecule is CCC[CH2][Sn]([CH2]CCC)([CH2]CCC)[CH]1CCC1. The van der Waals surface area contributed by atoms with Crippen LogP contribution in [0.3, 0.4) is 0 Å². The summed E-state index contributed by atoms with van der Waals surface area (Å²) in [5.41, 5.74) is 0. The molecule has 0 heterocycles. The number of hydrogen-bond acceptors (Lipinski definition) is 0. The second kappa shape index (κ2) is 8.82. The molecule has 0 radical (unpaired) electrons. The number of rotatable bonds is 10. The van der Waals surface area contributed by atoms with E-state index in [9.17, 15) is 0 Å². The van der Waals surface area contributed by atoms with Crippen molar-refractivity contribution in [2.24, 2.45) is 0 Å². The summed E-state index contributed by atoms with van der Waals surface area (Å²) in [4.78, 5) is 0. The van der Waals surface area contributed by atoms with E-state index in [2.05, 4.69) is 20.8 Å². The van der Waals surface area contributed by atoms with Crippen LogP contribution < -0.4 is 0 Å². The molecule has 0 saturated heterocycles. The molecule has 102 valence electrons. The Morgan fingerprint density at radius 2 is 1.18 bits per heavy atom. The molecule has 0 aromatic heterocycles. The van der Waals surface area contributed by atoms with Gasteiger partial charge in [-0.3, -0.25) is 0 Å². The van der Waals surface area contributed by atoms with E-state index in [0.717, 1.165) is 0 Å². The van der Waals surface area contributed by atoms with Gasteiger partial charge in [-0.05, 0) is 0 Å². The molecule has 0 atom stereocenters. The van der Waals surface area contributed by atoms with Crippen LogP contribution in [0.2, 0.25) is 17.2 Å². The van der Waals surface area contributed by atoms with Crippen molar-refractivity contribution >= 4 is 18.4 Å². The first-order valence-corrected chi connectivity index (χ1v) is 16.0. The fourth-order valence-corrected chi connectivity index (χ4v) is 22.9. The van der Waals surface area contributed by atoms with E-state index in [0.29, 0.717) is 0 Å². The van der Waals surface area contributed by atoms with Gasteiger partial charge >= 0.3 is 114 Å². The first-order valence-electron chi connectivity index (χ1n) is 8.29. The van der Waals surface area contributed by atoms with E-state index < -0.39 is 18.4 Å². The third-order valence-corrected chi connectivity index (χ3v) is 23.2. The molecule has 0 aromatic rings. The van der Waals surface area contributed by atoms with Gasteiger partial charge in [0.05, 0.1) is 0 Å². The first kappa shape index (κ1) is 15.9. The number of unbranched alkanes of at least 4 members (excludes halogenated alkanes) is 3. The zero-order valence-electron chi connectivity index (χ0n) is 12.6. The average molecular weight is 345 g/mol. The predicted octanol–water partition coefficient (Wildman–Crippen LogP) is 6.39. The van der Waals surface area contributed by atoms with Gasteiger partial charge in [-0.2, -0.15) is 0 Å². The molecule has 0 aromatic carbocycles. The molecule has 1 heteroatoms. The fraction of sp³-hybridized carbons (Fsp3) is 1.00. The molecule has 0 N–H and O–H groups in total. The molecule has 1 rings (SSSR count). The second-order valence-corrected chi connectivity index (χ2v) is 20.7. The summed E-state index contributed by atoms with van der Waals surface area (Å²) in [5, 5.41) is 0. The Hall–Kier alpha value is 0.799. The van der Waals surface area contributed by atoms with Crippen molar-refractivity contribution in [1.82, 2.24) is 0 Å². The van der Waals surface area contributed by atoms with Gasteiger partial charge in [-0.25, -0.2) is 0 Å². The van der Waals surface area contributed by atoms with Gasteiger partial charge < -0.3 is 0 Å². The third kappa shape index (κ3) is 4.76. The Morgan fingerprint density at radius 1 is 0.765 bits per heavy atom. The Kier molecular flexibility index (Phi) is 8.23. The minimum absolute atomic E-state index is 1.30. The van der Waals surface area contributed by atoms with Crippen LogP contribution in [-0.4, -0.2) is 18.4 Å². The topological polar surface area (TPSA) is 0 Å². The van der Waals surface area contributed by atoms with Crippen molar-refractivity contribution in [3.63, 3.8) is 0 Å². The van der Waals surface area contributed by atoms with Crippen LogP contribution in [-0.2, 0) is 0 Å². The molecule has 0 aliphatic heterocycles. The van der Waals surface area contributed by atoms with E-state index in [4.69, 9.17) is 0 Å². The molecule has 0 spiro atoms. The Labute approximate surface area is 114 Å². The fourth-order valence-electron chi connectivity index (χ4n) is 3.59. The molecule has 1 aliphatic carbocycles. The van der Waals surface area contributed by atoms with Crippen LogP contribution >= 0.6 is 0 Å². The summed E-state index contributed by atoms with van der Waals surface area (Å²) in [5.74, 6) is 0. The molecule has 1 saturated carbocycles. The van der Waals surface area contributed by atoms with Gasteiger partial charge in [0.25, 0.3) is 0 Å². The first-order chi connectivity index (χ1) is 8.29. The van der Waals surface area contributed by atoms with Gasteiger partial charge in [0.15, 0.2) is 0 Å². The van der Waals surface area contributed by atoms with E-state index in [1.165, 1.54) is 23.2 Å². The summed E-state index contributed by atoms with van der Waals surface area (Å²) in [7, 11) is 0. The summed E-state index contributed by atoms with van der Waals surface area (Å²) >= 11 is -1.71. The van der Waals surface area contributed by atoms with Gasteiger partial charge in [0.2, 0.25) is 0 Å². The zero-order valence-corrected chi connectivity index (χ0v) is 15.4. The van der Waals surface area contributed by atoms with Crippen molar-refractivity contribution in [3.05, 3.63) is 0 Å². The second-order valence-electron chi connectivity index (χ2n) is 6.30. The van der Waals surface area contributed by atoms with E-state index in [1.54, 1.807) is 51.8 Å². The van der Waals surface area contributed by atoms with E-state index >= 15 is 0 Å². The molecule has 1 fully saturated rings. The van der Waals surface area contributed by atoms with Gasteiger partial charge in [0, 0.05) is 0 Å². The van der Waals surface area contributed by atoms with Gasteiger partial charge in [0.1, 0.15) is 0 Å². The molecule has 0 unspecified atom stereocenters. The monoisotopic (exact) mass is 346 g/mol. The van der Waals surface area contributed by atoms with Crippen LogP contribution in [0.25, 0.3) is 0 Å². The summed E-state index contributed by atoms with van der Waals surface area (Å²) in [6.45, 7) is 7.16. The van der Waals surface area contributed by atoms with Crippen molar-refractivity contribution in [1.29, 1.82) is 0 Å². The van der Waals surface area contributed by atoms with E-state index in [-0.39, 0.29) is 0 Å². The van der Waals surface area contributed by atoms with Crippen molar-refractivity contribution in [2.45, 2.75) is 95.8 Å². The van der Waals surface area contributed by atoms with Crippen LogP contribution in [0.4, 0.5) is 0 Å². The Morgan fingerprint density at radius 3 is 1.41 bits per heavy atom. The predicted molar refractivity (Wildman–Crippen MR) is 82.5 cm³/mol. The molecule has 0 amide bonds. The van der Waals surface area contributed by atoms with Crippen LogP contribution in [0.15, 0.2) is 0 Å². The maximum atomic E-state index is 2.39. The zero-order chi connectivity index (χ0) is 12.6.